The van der Waals surface area contributed by atoms with Crippen LogP contribution in [0, 0.1) is 11.6 Å². The number of rotatable bonds is 9. The van der Waals surface area contributed by atoms with Gasteiger partial charge in [-0.1, -0.05) is 18.7 Å². The zero-order chi connectivity index (χ0) is 30.1. The number of halogens is 2. The van der Waals surface area contributed by atoms with Gasteiger partial charge >= 0.3 is 0 Å². The highest BCUT2D eigenvalue weighted by atomic mass is 32.1. The number of thiophene rings is 1. The summed E-state index contributed by atoms with van der Waals surface area (Å²) in [7, 11) is 0. The Bertz CT molecular complexity index is 2010. The number of aromatic amines is 1. The number of hydrogen-bond donors (Lipinski definition) is 3. The summed E-state index contributed by atoms with van der Waals surface area (Å²) >= 11 is 1.37. The van der Waals surface area contributed by atoms with E-state index in [0.717, 1.165) is 33.9 Å². The first-order valence-corrected chi connectivity index (χ1v) is 14.1. The molecule has 1 amide bonds. The van der Waals surface area contributed by atoms with Gasteiger partial charge in [0.05, 0.1) is 42.0 Å². The molecular formula is C31H24F2N6O3S. The first-order chi connectivity index (χ1) is 20.9. The number of benzene rings is 2. The molecule has 12 heteroatoms. The fourth-order valence-electron chi connectivity index (χ4n) is 4.90. The molecule has 0 radical (unpaired) electrons. The van der Waals surface area contributed by atoms with E-state index < -0.39 is 17.7 Å². The number of ether oxygens (including phenoxy) is 1. The van der Waals surface area contributed by atoms with E-state index in [0.29, 0.717) is 33.0 Å². The van der Waals surface area contributed by atoms with Crippen LogP contribution in [-0.2, 0) is 4.79 Å². The quantitative estimate of drug-likeness (QED) is 0.175. The molecule has 1 atom stereocenters. The Morgan fingerprint density at radius 1 is 1.12 bits per heavy atom. The zero-order valence-electron chi connectivity index (χ0n) is 22.8. The maximum Gasteiger partial charge on any atom is 0.243 e. The van der Waals surface area contributed by atoms with Gasteiger partial charge in [0.25, 0.3) is 0 Å². The normalized spacial score (nSPS) is 12.0. The predicted molar refractivity (Wildman–Crippen MR) is 160 cm³/mol. The van der Waals surface area contributed by atoms with Crippen LogP contribution in [0.5, 0.6) is 5.75 Å². The van der Waals surface area contributed by atoms with Crippen LogP contribution in [0.15, 0.2) is 72.9 Å². The fraction of sp³-hybridized carbons (Fsp3) is 0.129. The second kappa shape index (κ2) is 11.7. The van der Waals surface area contributed by atoms with Crippen molar-refractivity contribution in [3.63, 3.8) is 0 Å². The van der Waals surface area contributed by atoms with Gasteiger partial charge in [0.15, 0.2) is 0 Å². The molecule has 0 aliphatic heterocycles. The molecule has 6 rings (SSSR count). The van der Waals surface area contributed by atoms with Crippen LogP contribution in [0.25, 0.3) is 54.6 Å². The molecule has 0 aliphatic rings. The van der Waals surface area contributed by atoms with Crippen LogP contribution in [0.3, 0.4) is 0 Å². The molecule has 0 fully saturated rings. The molecule has 3 N–H and O–H groups in total. The molecule has 0 unspecified atom stereocenters. The van der Waals surface area contributed by atoms with Crippen LogP contribution in [-0.4, -0.2) is 49.6 Å². The highest BCUT2D eigenvalue weighted by Gasteiger charge is 2.27. The van der Waals surface area contributed by atoms with Crippen molar-refractivity contribution in [3.8, 4) is 39.5 Å². The highest BCUT2D eigenvalue weighted by Crippen LogP contribution is 2.47. The Morgan fingerprint density at radius 3 is 2.72 bits per heavy atom. The van der Waals surface area contributed by atoms with Gasteiger partial charge in [0.1, 0.15) is 35.4 Å². The largest absolute Gasteiger partial charge is 0.490 e. The minimum atomic E-state index is -0.856. The van der Waals surface area contributed by atoms with Crippen molar-refractivity contribution < 1.29 is 23.4 Å². The van der Waals surface area contributed by atoms with Gasteiger partial charge in [-0.15, -0.1) is 11.3 Å². The van der Waals surface area contributed by atoms with Crippen molar-refractivity contribution in [3.05, 3.63) is 90.2 Å². The minimum absolute atomic E-state index is 0.0114. The lowest BCUT2D eigenvalue weighted by atomic mass is 9.96. The summed E-state index contributed by atoms with van der Waals surface area (Å²) in [5, 5.41) is 31.9. The summed E-state index contributed by atoms with van der Waals surface area (Å²) < 4.78 is 36.5. The van der Waals surface area contributed by atoms with Crippen LogP contribution in [0.2, 0.25) is 0 Å². The molecule has 0 spiro atoms. The van der Waals surface area contributed by atoms with Crippen molar-refractivity contribution in [2.75, 3.05) is 13.2 Å². The molecule has 0 bridgehead atoms. The number of amides is 1. The molecule has 4 aromatic heterocycles. The van der Waals surface area contributed by atoms with Gasteiger partial charge in [-0.2, -0.15) is 15.3 Å². The second-order valence-corrected chi connectivity index (χ2v) is 10.6. The third-order valence-corrected chi connectivity index (χ3v) is 7.83. The predicted octanol–water partition coefficient (Wildman–Crippen LogP) is 5.98. The number of hydrogen-bond acceptors (Lipinski definition) is 8. The Labute approximate surface area is 247 Å². The van der Waals surface area contributed by atoms with Gasteiger partial charge in [-0.3, -0.25) is 9.89 Å². The molecule has 43 heavy (non-hydrogen) atoms. The van der Waals surface area contributed by atoms with Gasteiger partial charge in [0, 0.05) is 44.1 Å². The summed E-state index contributed by atoms with van der Waals surface area (Å²) in [5.74, 6) is -2.12. The minimum Gasteiger partial charge on any atom is -0.490 e. The number of fused-ring (bicyclic) bond motifs is 2. The van der Waals surface area contributed by atoms with Crippen molar-refractivity contribution in [2.45, 2.75) is 13.0 Å². The smallest absolute Gasteiger partial charge is 0.243 e. The maximum atomic E-state index is 15.8. The molecule has 0 aliphatic carbocycles. The van der Waals surface area contributed by atoms with Gasteiger partial charge in [-0.25, -0.2) is 13.8 Å². The lowest BCUT2D eigenvalue weighted by Crippen LogP contribution is -2.24. The number of carbonyl (C=O) groups excluding carboxylic acids is 1. The van der Waals surface area contributed by atoms with Crippen molar-refractivity contribution in [2.24, 2.45) is 0 Å². The van der Waals surface area contributed by atoms with E-state index >= 15 is 4.39 Å². The van der Waals surface area contributed by atoms with Crippen LogP contribution in [0.1, 0.15) is 18.7 Å². The van der Waals surface area contributed by atoms with E-state index in [1.54, 1.807) is 25.4 Å². The Balaban J connectivity index is 1.63. The fourth-order valence-corrected chi connectivity index (χ4v) is 5.84. The van der Waals surface area contributed by atoms with Crippen molar-refractivity contribution in [1.82, 2.24) is 30.7 Å². The van der Waals surface area contributed by atoms with E-state index in [4.69, 9.17) is 9.72 Å². The van der Waals surface area contributed by atoms with E-state index in [2.05, 4.69) is 32.3 Å². The summed E-state index contributed by atoms with van der Waals surface area (Å²) in [6.45, 7) is 4.75. The number of nitrogens with one attached hydrogen (secondary N) is 2. The number of aliphatic hydroxyl groups excluding tert-OH is 1. The number of pyridine rings is 1. The molecular weight excluding hydrogens is 574 g/mol. The van der Waals surface area contributed by atoms with Crippen LogP contribution < -0.4 is 10.1 Å². The monoisotopic (exact) mass is 598 g/mol. The van der Waals surface area contributed by atoms with Gasteiger partial charge < -0.3 is 15.2 Å². The topological polar surface area (TPSA) is 126 Å². The third kappa shape index (κ3) is 5.33. The average Bonchev–Trinajstić information content (AvgIpc) is 3.70. The summed E-state index contributed by atoms with van der Waals surface area (Å²) in [6, 6.07) is 10.8. The Hall–Kier alpha value is -5.07. The van der Waals surface area contributed by atoms with Crippen LogP contribution >= 0.6 is 11.3 Å². The van der Waals surface area contributed by atoms with E-state index in [9.17, 15) is 14.3 Å². The molecule has 216 valence electrons. The SMILES string of the molecule is C=CC(=O)N[C@@H](C)c1cc(-c2nc(-c3ccc4cnncc4c3)c3ccsc3c2-c2c(F)cc(F)cc2OCCO)n[nH]1. The number of aromatic nitrogens is 5. The standard InChI is InChI=1S/C31H24F2N6O3S/c1-3-26(41)36-16(2)23-13-24(39-38-23)30-28(27-22(33)11-20(32)12-25(27)42-8-7-40)31-21(6-9-43-31)29(37-30)17-4-5-18-14-34-35-15-19(18)10-17/h3-6,9-16,40H,1,7-8H2,2H3,(H,36,41)(H,38,39)/t16-/m0/s1. The maximum absolute atomic E-state index is 15.8. The summed E-state index contributed by atoms with van der Waals surface area (Å²) in [4.78, 5) is 17.0. The van der Waals surface area contributed by atoms with Gasteiger partial charge in [-0.05, 0) is 36.6 Å². The van der Waals surface area contributed by atoms with E-state index in [1.165, 1.54) is 17.4 Å². The van der Waals surface area contributed by atoms with Gasteiger partial charge in [0.2, 0.25) is 5.91 Å². The molecule has 0 saturated carbocycles. The first-order valence-electron chi connectivity index (χ1n) is 13.2. The molecule has 6 aromatic rings. The molecule has 2 aromatic carbocycles. The molecule has 0 saturated heterocycles. The lowest BCUT2D eigenvalue weighted by Gasteiger charge is -2.17. The Kier molecular flexibility index (Phi) is 7.61. The zero-order valence-corrected chi connectivity index (χ0v) is 23.6. The summed E-state index contributed by atoms with van der Waals surface area (Å²) in [6.07, 6.45) is 4.51. The number of H-pyrrole nitrogens is 1. The Morgan fingerprint density at radius 2 is 1.93 bits per heavy atom. The number of aliphatic hydroxyl groups is 1. The van der Waals surface area contributed by atoms with E-state index in [-0.39, 0.29) is 30.4 Å². The lowest BCUT2D eigenvalue weighted by molar-refractivity contribution is -0.117. The molecule has 4 heterocycles. The average molecular weight is 599 g/mol. The highest BCUT2D eigenvalue weighted by molar-refractivity contribution is 7.18. The van der Waals surface area contributed by atoms with Crippen molar-refractivity contribution >= 4 is 38.1 Å². The second-order valence-electron chi connectivity index (χ2n) is 9.66. The number of carbonyl (C=O) groups is 1. The first kappa shape index (κ1) is 28.1. The van der Waals surface area contributed by atoms with Crippen LogP contribution in [0.4, 0.5) is 8.78 Å². The van der Waals surface area contributed by atoms with E-state index in [1.807, 2.05) is 29.6 Å². The van der Waals surface area contributed by atoms with Crippen molar-refractivity contribution in [1.29, 1.82) is 0 Å². The molecule has 9 nitrogen and oxygen atoms in total. The number of nitrogens with zero attached hydrogens (tertiary/aromatic N) is 4. The third-order valence-electron chi connectivity index (χ3n) is 6.90. The summed E-state index contributed by atoms with van der Waals surface area (Å²) in [5.41, 5.74) is 2.99.